The second-order valence-corrected chi connectivity index (χ2v) is 7.01. The molecule has 35 heavy (non-hydrogen) atoms. The number of amides is 1. The molecule has 0 spiro atoms. The highest BCUT2D eigenvalue weighted by Crippen LogP contribution is 2.31. The van der Waals surface area contributed by atoms with E-state index in [2.05, 4.69) is 31.0 Å². The average Bonchev–Trinajstić information content (AvgIpc) is 2.81. The lowest BCUT2D eigenvalue weighted by Crippen LogP contribution is -2.20. The van der Waals surface area contributed by atoms with Crippen molar-refractivity contribution in [3.05, 3.63) is 69.6 Å². The average molecular weight is 490 g/mol. The van der Waals surface area contributed by atoms with Crippen molar-refractivity contribution in [2.24, 2.45) is 5.10 Å². The number of nitrogens with zero attached hydrogens (tertiary/aromatic N) is 3. The standard InChI is InChI=1S/C22H21F3N6O4/c1-3-34-18-9-14(11-26-30-21-28-20(33)13(2)29-31-21)7-8-17(18)35-12-19(32)27-16-6-4-5-15(10-16)22(23,24)25/h4-11H,3,12H2,1-2H3,(H,27,32)(H2,28,30,31,33)/b26-11+. The molecule has 2 aromatic carbocycles. The van der Waals surface area contributed by atoms with E-state index in [4.69, 9.17) is 9.47 Å². The number of benzene rings is 2. The maximum absolute atomic E-state index is 12.8. The van der Waals surface area contributed by atoms with Crippen LogP contribution in [0.1, 0.15) is 23.7 Å². The fraction of sp³-hybridized carbons (Fsp3) is 0.227. The van der Waals surface area contributed by atoms with E-state index in [9.17, 15) is 22.8 Å². The summed E-state index contributed by atoms with van der Waals surface area (Å²) in [6, 6.07) is 9.09. The number of anilines is 2. The number of halogens is 3. The minimum atomic E-state index is -4.52. The number of carbonyl (C=O) groups is 1. The number of rotatable bonds is 9. The van der Waals surface area contributed by atoms with Crippen molar-refractivity contribution in [1.29, 1.82) is 0 Å². The maximum Gasteiger partial charge on any atom is 0.416 e. The molecule has 3 N–H and O–H groups in total. The van der Waals surface area contributed by atoms with Gasteiger partial charge in [0.05, 0.1) is 18.4 Å². The summed E-state index contributed by atoms with van der Waals surface area (Å²) in [5, 5.41) is 13.8. The Balaban J connectivity index is 1.62. The van der Waals surface area contributed by atoms with Crippen LogP contribution in [-0.4, -0.2) is 40.5 Å². The Hall–Kier alpha value is -4.42. The van der Waals surface area contributed by atoms with Crippen LogP contribution in [0, 0.1) is 6.92 Å². The Labute approximate surface area is 197 Å². The van der Waals surface area contributed by atoms with E-state index < -0.39 is 29.8 Å². The second-order valence-electron chi connectivity index (χ2n) is 7.01. The van der Waals surface area contributed by atoms with Gasteiger partial charge in [0.25, 0.3) is 11.5 Å². The molecule has 1 aromatic heterocycles. The molecular weight excluding hydrogens is 469 g/mol. The highest BCUT2D eigenvalue weighted by molar-refractivity contribution is 5.92. The van der Waals surface area contributed by atoms with Gasteiger partial charge in [0, 0.05) is 5.69 Å². The topological polar surface area (TPSA) is 131 Å². The van der Waals surface area contributed by atoms with Gasteiger partial charge in [-0.15, -0.1) is 10.2 Å². The van der Waals surface area contributed by atoms with Crippen molar-refractivity contribution in [3.8, 4) is 11.5 Å². The molecule has 0 aliphatic carbocycles. The molecule has 184 valence electrons. The van der Waals surface area contributed by atoms with Gasteiger partial charge in [-0.25, -0.2) is 5.43 Å². The third-order valence-corrected chi connectivity index (χ3v) is 4.34. The van der Waals surface area contributed by atoms with E-state index in [-0.39, 0.29) is 23.1 Å². The Kier molecular flexibility index (Phi) is 8.02. The molecule has 0 bridgehead atoms. The van der Waals surface area contributed by atoms with Gasteiger partial charge in [-0.2, -0.15) is 18.3 Å². The molecule has 3 aromatic rings. The van der Waals surface area contributed by atoms with Crippen LogP contribution in [-0.2, 0) is 11.0 Å². The molecule has 0 unspecified atom stereocenters. The number of hydrazone groups is 1. The van der Waals surface area contributed by atoms with Crippen LogP contribution >= 0.6 is 0 Å². The summed E-state index contributed by atoms with van der Waals surface area (Å²) < 4.78 is 49.5. The van der Waals surface area contributed by atoms with Crippen LogP contribution in [0.2, 0.25) is 0 Å². The summed E-state index contributed by atoms with van der Waals surface area (Å²) >= 11 is 0. The first-order valence-electron chi connectivity index (χ1n) is 10.2. The number of nitrogens with one attached hydrogen (secondary N) is 3. The minimum Gasteiger partial charge on any atom is -0.490 e. The first-order valence-corrected chi connectivity index (χ1v) is 10.2. The van der Waals surface area contributed by atoms with E-state index in [0.717, 1.165) is 12.1 Å². The quantitative estimate of drug-likeness (QED) is 0.310. The fourth-order valence-electron chi connectivity index (χ4n) is 2.72. The number of aryl methyl sites for hydroxylation is 1. The van der Waals surface area contributed by atoms with Crippen molar-refractivity contribution in [2.45, 2.75) is 20.0 Å². The van der Waals surface area contributed by atoms with Crippen LogP contribution in [0.3, 0.4) is 0 Å². The van der Waals surface area contributed by atoms with Crippen LogP contribution < -0.4 is 25.8 Å². The summed E-state index contributed by atoms with van der Waals surface area (Å²) in [7, 11) is 0. The number of hydrogen-bond acceptors (Lipinski definition) is 8. The van der Waals surface area contributed by atoms with Crippen molar-refractivity contribution >= 4 is 23.8 Å². The van der Waals surface area contributed by atoms with Crippen molar-refractivity contribution in [2.75, 3.05) is 24.0 Å². The zero-order valence-corrected chi connectivity index (χ0v) is 18.6. The molecule has 1 amide bonds. The minimum absolute atomic E-state index is 0.00266. The van der Waals surface area contributed by atoms with Crippen molar-refractivity contribution < 1.29 is 27.4 Å². The van der Waals surface area contributed by atoms with Gasteiger partial charge in [-0.05, 0) is 55.8 Å². The van der Waals surface area contributed by atoms with Crippen molar-refractivity contribution in [1.82, 2.24) is 15.2 Å². The van der Waals surface area contributed by atoms with E-state index >= 15 is 0 Å². The summed E-state index contributed by atoms with van der Waals surface area (Å²) in [4.78, 5) is 26.2. The van der Waals surface area contributed by atoms with Gasteiger partial charge in [0.2, 0.25) is 5.95 Å². The number of ether oxygens (including phenoxy) is 2. The van der Waals surface area contributed by atoms with Gasteiger partial charge in [-0.1, -0.05) is 6.07 Å². The van der Waals surface area contributed by atoms with Gasteiger partial charge in [-0.3, -0.25) is 14.6 Å². The summed E-state index contributed by atoms with van der Waals surface area (Å²) in [5.41, 5.74) is 2.10. The second kappa shape index (κ2) is 11.1. The highest BCUT2D eigenvalue weighted by Gasteiger charge is 2.30. The third-order valence-electron chi connectivity index (χ3n) is 4.34. The molecule has 13 heteroatoms. The molecule has 10 nitrogen and oxygen atoms in total. The van der Waals surface area contributed by atoms with Crippen LogP contribution in [0.25, 0.3) is 0 Å². The molecular formula is C22H21F3N6O4. The SMILES string of the molecule is CCOc1cc(/C=N/Nc2nnc(C)c(=O)[nH]2)ccc1OCC(=O)Nc1cccc(C(F)(F)F)c1. The zero-order chi connectivity index (χ0) is 25.4. The molecule has 0 aliphatic heterocycles. The Bertz CT molecular complexity index is 1280. The molecule has 0 atom stereocenters. The van der Waals surface area contributed by atoms with E-state index in [1.54, 1.807) is 25.1 Å². The predicted molar refractivity (Wildman–Crippen MR) is 122 cm³/mol. The lowest BCUT2D eigenvalue weighted by Gasteiger charge is -2.13. The maximum atomic E-state index is 12.8. The fourth-order valence-corrected chi connectivity index (χ4v) is 2.72. The number of carbonyl (C=O) groups excluding carboxylic acids is 1. The van der Waals surface area contributed by atoms with Crippen LogP contribution in [0.5, 0.6) is 11.5 Å². The number of hydrogen-bond donors (Lipinski definition) is 3. The molecule has 3 rings (SSSR count). The monoisotopic (exact) mass is 490 g/mol. The van der Waals surface area contributed by atoms with Gasteiger partial charge < -0.3 is 14.8 Å². The molecule has 0 fully saturated rings. The Morgan fingerprint density at radius 2 is 1.94 bits per heavy atom. The van der Waals surface area contributed by atoms with Crippen LogP contribution in [0.4, 0.5) is 24.8 Å². The van der Waals surface area contributed by atoms with Gasteiger partial charge >= 0.3 is 6.18 Å². The Morgan fingerprint density at radius 1 is 1.14 bits per heavy atom. The highest BCUT2D eigenvalue weighted by atomic mass is 19.4. The molecule has 1 heterocycles. The Morgan fingerprint density at radius 3 is 2.66 bits per heavy atom. The third kappa shape index (κ3) is 7.28. The predicted octanol–water partition coefficient (Wildman–Crippen LogP) is 3.35. The summed E-state index contributed by atoms with van der Waals surface area (Å²) in [5.74, 6) is 0.000153. The number of aromatic nitrogens is 3. The largest absolute Gasteiger partial charge is 0.490 e. The first kappa shape index (κ1) is 25.2. The number of aromatic amines is 1. The van der Waals surface area contributed by atoms with Crippen molar-refractivity contribution in [3.63, 3.8) is 0 Å². The van der Waals surface area contributed by atoms with Crippen LogP contribution in [0.15, 0.2) is 52.4 Å². The smallest absolute Gasteiger partial charge is 0.416 e. The normalized spacial score (nSPS) is 11.3. The lowest BCUT2D eigenvalue weighted by molar-refractivity contribution is -0.137. The first-order chi connectivity index (χ1) is 16.7. The zero-order valence-electron chi connectivity index (χ0n) is 18.6. The molecule has 0 saturated carbocycles. The van der Waals surface area contributed by atoms with E-state index in [0.29, 0.717) is 17.9 Å². The van der Waals surface area contributed by atoms with Gasteiger partial charge in [0.1, 0.15) is 5.69 Å². The number of alkyl halides is 3. The number of H-pyrrole nitrogens is 1. The van der Waals surface area contributed by atoms with Gasteiger partial charge in [0.15, 0.2) is 18.1 Å². The lowest BCUT2D eigenvalue weighted by atomic mass is 10.2. The molecule has 0 saturated heterocycles. The summed E-state index contributed by atoms with van der Waals surface area (Å²) in [6.07, 6.45) is -3.08. The van der Waals surface area contributed by atoms with E-state index in [1.165, 1.54) is 25.3 Å². The molecule has 0 aliphatic rings. The van der Waals surface area contributed by atoms with E-state index in [1.807, 2.05) is 0 Å². The molecule has 0 radical (unpaired) electrons. The summed E-state index contributed by atoms with van der Waals surface area (Å²) in [6.45, 7) is 3.14.